The maximum Gasteiger partial charge on any atom is 0.273 e. The molecule has 5 aliphatic rings. The van der Waals surface area contributed by atoms with Crippen molar-refractivity contribution in [3.05, 3.63) is 34.3 Å². The summed E-state index contributed by atoms with van der Waals surface area (Å²) >= 11 is 1.14. The van der Waals surface area contributed by atoms with Crippen LogP contribution in [0.4, 0.5) is 5.69 Å². The van der Waals surface area contributed by atoms with Gasteiger partial charge in [-0.05, 0) is 74.1 Å². The lowest BCUT2D eigenvalue weighted by Crippen LogP contribution is -2.78. The molecular weight excluding hydrogens is 454 g/mol. The zero-order chi connectivity index (χ0) is 23.1. The van der Waals surface area contributed by atoms with Crippen LogP contribution in [0.1, 0.15) is 53.7 Å². The molecule has 2 aliphatic heterocycles. The van der Waals surface area contributed by atoms with E-state index >= 15 is 0 Å². The van der Waals surface area contributed by atoms with Crippen LogP contribution in [0.5, 0.6) is 5.75 Å². The van der Waals surface area contributed by atoms with E-state index in [9.17, 15) is 14.7 Å². The first kappa shape index (κ1) is 20.8. The van der Waals surface area contributed by atoms with Gasteiger partial charge in [0.1, 0.15) is 11.9 Å². The van der Waals surface area contributed by atoms with Crippen LogP contribution in [0.25, 0.3) is 0 Å². The number of rotatable bonds is 6. The van der Waals surface area contributed by atoms with Crippen LogP contribution < -0.4 is 15.4 Å². The van der Waals surface area contributed by atoms with Crippen LogP contribution in [-0.4, -0.2) is 68.8 Å². The van der Waals surface area contributed by atoms with Crippen molar-refractivity contribution in [1.82, 2.24) is 19.8 Å². The van der Waals surface area contributed by atoms with Crippen molar-refractivity contribution in [2.24, 2.45) is 5.92 Å². The SMILES string of the molecule is O=CNc1ccc2c3c1OC1C(NC(=O)c4csnn4)CC[C@@]4(O)[C@@H](C2)N(CC2CC2)CC[C@]314. The van der Waals surface area contributed by atoms with Gasteiger partial charge in [-0.15, -0.1) is 5.10 Å². The molecule has 1 aromatic carbocycles. The van der Waals surface area contributed by atoms with Crippen molar-refractivity contribution >= 4 is 29.5 Å². The monoisotopic (exact) mass is 481 g/mol. The molecule has 3 heterocycles. The van der Waals surface area contributed by atoms with Crippen LogP contribution in [0.2, 0.25) is 0 Å². The Kier molecular flexibility index (Phi) is 4.41. The highest BCUT2D eigenvalue weighted by Gasteiger charge is 2.73. The molecule has 1 saturated heterocycles. The van der Waals surface area contributed by atoms with Gasteiger partial charge in [0.25, 0.3) is 5.91 Å². The van der Waals surface area contributed by atoms with Crippen LogP contribution in [0.3, 0.4) is 0 Å². The first-order valence-electron chi connectivity index (χ1n) is 12.1. The maximum absolute atomic E-state index is 12.9. The van der Waals surface area contributed by atoms with Gasteiger partial charge >= 0.3 is 0 Å². The first-order valence-corrected chi connectivity index (χ1v) is 13.0. The number of likely N-dealkylation sites (tertiary alicyclic amines) is 1. The molecular formula is C24H27N5O4S. The van der Waals surface area contributed by atoms with E-state index in [1.165, 1.54) is 18.4 Å². The Morgan fingerprint density at radius 1 is 1.32 bits per heavy atom. The lowest BCUT2D eigenvalue weighted by Gasteiger charge is -2.64. The number of anilines is 1. The molecule has 3 fully saturated rings. The fourth-order valence-corrected chi connectivity index (χ4v) is 7.76. The van der Waals surface area contributed by atoms with Crippen molar-refractivity contribution in [2.45, 2.75) is 67.7 Å². The average molecular weight is 482 g/mol. The van der Waals surface area contributed by atoms with Gasteiger partial charge in [0, 0.05) is 23.5 Å². The van der Waals surface area contributed by atoms with Gasteiger partial charge in [-0.25, -0.2) is 0 Å². The van der Waals surface area contributed by atoms with Crippen molar-refractivity contribution in [2.75, 3.05) is 18.4 Å². The van der Waals surface area contributed by atoms with Crippen LogP contribution >= 0.6 is 11.5 Å². The van der Waals surface area contributed by atoms with Crippen molar-refractivity contribution < 1.29 is 19.4 Å². The number of amides is 2. The fourth-order valence-electron chi connectivity index (χ4n) is 7.33. The van der Waals surface area contributed by atoms with Gasteiger partial charge in [0.05, 0.1) is 22.7 Å². The molecule has 7 rings (SSSR count). The molecule has 178 valence electrons. The van der Waals surface area contributed by atoms with Gasteiger partial charge in [-0.2, -0.15) is 0 Å². The van der Waals surface area contributed by atoms with Gasteiger partial charge in [0.15, 0.2) is 5.69 Å². The van der Waals surface area contributed by atoms with E-state index in [1.807, 2.05) is 6.07 Å². The number of hydrogen-bond acceptors (Lipinski definition) is 8. The molecule has 2 unspecified atom stereocenters. The van der Waals surface area contributed by atoms with Gasteiger partial charge in [-0.1, -0.05) is 10.6 Å². The molecule has 2 amide bonds. The Balaban J connectivity index is 1.33. The molecule has 3 aliphatic carbocycles. The summed E-state index contributed by atoms with van der Waals surface area (Å²) < 4.78 is 10.4. The van der Waals surface area contributed by atoms with E-state index in [-0.39, 0.29) is 18.0 Å². The highest BCUT2D eigenvalue weighted by molar-refractivity contribution is 7.03. The highest BCUT2D eigenvalue weighted by atomic mass is 32.1. The van der Waals surface area contributed by atoms with E-state index in [4.69, 9.17) is 4.74 Å². The summed E-state index contributed by atoms with van der Waals surface area (Å²) in [6.07, 6.45) is 5.52. The van der Waals surface area contributed by atoms with Crippen LogP contribution in [0, 0.1) is 5.92 Å². The largest absolute Gasteiger partial charge is 0.485 e. The third-order valence-electron chi connectivity index (χ3n) is 8.91. The lowest BCUT2D eigenvalue weighted by molar-refractivity contribution is -0.191. The average Bonchev–Trinajstić information content (AvgIpc) is 3.32. The normalized spacial score (nSPS) is 35.3. The van der Waals surface area contributed by atoms with Gasteiger partial charge in [-0.3, -0.25) is 14.5 Å². The minimum Gasteiger partial charge on any atom is -0.485 e. The molecule has 9 nitrogen and oxygen atoms in total. The van der Waals surface area contributed by atoms with E-state index in [0.29, 0.717) is 36.4 Å². The number of nitrogens with zero attached hydrogens (tertiary/aromatic N) is 3. The van der Waals surface area contributed by atoms with E-state index in [2.05, 4.69) is 31.2 Å². The fraction of sp³-hybridized carbons (Fsp3) is 0.583. The van der Waals surface area contributed by atoms with E-state index in [1.54, 1.807) is 5.38 Å². The smallest absolute Gasteiger partial charge is 0.273 e. The van der Waals surface area contributed by atoms with Crippen molar-refractivity contribution in [3.8, 4) is 5.75 Å². The summed E-state index contributed by atoms with van der Waals surface area (Å²) in [6.45, 7) is 1.93. The number of piperidine rings is 1. The summed E-state index contributed by atoms with van der Waals surface area (Å²) in [5, 5.41) is 24.0. The standard InChI is InChI=1S/C24H27N5O4S/c30-12-25-15-4-3-14-9-18-24(32)6-5-16(26-22(31)17-11-34-28-27-17)21-23(24,19(14)20(15)33-21)7-8-29(18)10-13-1-2-13/h3-4,11-13,16,18,21,32H,1-2,5-10H2,(H,25,30)(H,26,31)/t16?,18-,21?,23+,24-/m1/s1. The molecule has 5 atom stereocenters. The molecule has 3 N–H and O–H groups in total. The number of carbonyl (C=O) groups excluding carboxylic acids is 2. The number of carbonyl (C=O) groups is 2. The second-order valence-corrected chi connectivity index (χ2v) is 11.1. The maximum atomic E-state index is 12.9. The minimum absolute atomic E-state index is 0.0238. The number of nitrogens with one attached hydrogen (secondary N) is 2. The predicted octanol–water partition coefficient (Wildman–Crippen LogP) is 1.47. The summed E-state index contributed by atoms with van der Waals surface area (Å²) in [5.74, 6) is 1.12. The number of benzene rings is 1. The highest BCUT2D eigenvalue weighted by Crippen LogP contribution is 2.65. The molecule has 2 bridgehead atoms. The predicted molar refractivity (Wildman–Crippen MR) is 124 cm³/mol. The van der Waals surface area contributed by atoms with Crippen molar-refractivity contribution in [3.63, 3.8) is 0 Å². The molecule has 0 radical (unpaired) electrons. The van der Waals surface area contributed by atoms with E-state index < -0.39 is 17.1 Å². The Morgan fingerprint density at radius 3 is 2.97 bits per heavy atom. The Bertz CT molecular complexity index is 1170. The van der Waals surface area contributed by atoms with E-state index in [0.717, 1.165) is 48.9 Å². The minimum atomic E-state index is -0.952. The Hall–Kier alpha value is -2.56. The zero-order valence-corrected chi connectivity index (χ0v) is 19.5. The zero-order valence-electron chi connectivity index (χ0n) is 18.7. The lowest BCUT2D eigenvalue weighted by atomic mass is 9.48. The molecule has 2 aromatic rings. The number of ether oxygens (including phenoxy) is 1. The quantitative estimate of drug-likeness (QED) is 0.535. The van der Waals surface area contributed by atoms with Gasteiger partial charge < -0.3 is 20.5 Å². The van der Waals surface area contributed by atoms with Crippen LogP contribution in [0.15, 0.2) is 17.5 Å². The van der Waals surface area contributed by atoms with Crippen LogP contribution in [-0.2, 0) is 16.6 Å². The summed E-state index contributed by atoms with van der Waals surface area (Å²) in [6, 6.07) is 3.72. The van der Waals surface area contributed by atoms with Gasteiger partial charge in [0.2, 0.25) is 6.41 Å². The summed E-state index contributed by atoms with van der Waals surface area (Å²) in [5.41, 5.74) is 1.55. The molecule has 1 spiro atoms. The molecule has 34 heavy (non-hydrogen) atoms. The second kappa shape index (κ2) is 7.22. The summed E-state index contributed by atoms with van der Waals surface area (Å²) in [7, 11) is 0. The molecule has 1 aromatic heterocycles. The second-order valence-electron chi connectivity index (χ2n) is 10.5. The third kappa shape index (κ3) is 2.67. The number of hydrogen-bond donors (Lipinski definition) is 3. The first-order chi connectivity index (χ1) is 16.5. The number of aromatic nitrogens is 2. The Morgan fingerprint density at radius 2 is 2.21 bits per heavy atom. The molecule has 10 heteroatoms. The number of aliphatic hydroxyl groups is 1. The molecule has 2 saturated carbocycles. The Labute approximate surface area is 201 Å². The van der Waals surface area contributed by atoms with Crippen molar-refractivity contribution in [1.29, 1.82) is 0 Å². The summed E-state index contributed by atoms with van der Waals surface area (Å²) in [4.78, 5) is 26.7. The third-order valence-corrected chi connectivity index (χ3v) is 9.41. The topological polar surface area (TPSA) is 117 Å².